The molecule has 1 fully saturated rings. The predicted octanol–water partition coefficient (Wildman–Crippen LogP) is 2.71. The number of carbonyl (C=O) groups is 1. The zero-order valence-electron chi connectivity index (χ0n) is 9.41. The van der Waals surface area contributed by atoms with Crippen molar-refractivity contribution in [2.24, 2.45) is 5.11 Å². The van der Waals surface area contributed by atoms with E-state index in [0.717, 1.165) is 18.4 Å². The van der Waals surface area contributed by atoms with Gasteiger partial charge in [0.2, 0.25) is 5.91 Å². The largest absolute Gasteiger partial charge is 0.349 e. The van der Waals surface area contributed by atoms with Crippen LogP contribution in [0.4, 0.5) is 0 Å². The molecule has 2 atom stereocenters. The number of azide groups is 1. The second-order valence-electron chi connectivity index (χ2n) is 4.12. The Hall–Kier alpha value is -2.00. The molecular formula is C12H14N4O. The summed E-state index contributed by atoms with van der Waals surface area (Å²) in [5, 5.41) is 6.45. The monoisotopic (exact) mass is 230 g/mol. The summed E-state index contributed by atoms with van der Waals surface area (Å²) in [5.41, 5.74) is 9.49. The zero-order valence-corrected chi connectivity index (χ0v) is 9.41. The van der Waals surface area contributed by atoms with Gasteiger partial charge in [-0.2, -0.15) is 0 Å². The lowest BCUT2D eigenvalue weighted by molar-refractivity contribution is -0.122. The highest BCUT2D eigenvalue weighted by atomic mass is 16.2. The van der Waals surface area contributed by atoms with Crippen molar-refractivity contribution in [2.45, 2.75) is 31.3 Å². The Morgan fingerprint density at radius 2 is 2.06 bits per heavy atom. The topological polar surface area (TPSA) is 77.9 Å². The molecule has 1 aromatic rings. The van der Waals surface area contributed by atoms with E-state index in [-0.39, 0.29) is 11.9 Å². The van der Waals surface area contributed by atoms with Crippen LogP contribution in [-0.2, 0) is 4.79 Å². The maximum absolute atomic E-state index is 11.8. The second kappa shape index (κ2) is 5.37. The smallest absolute Gasteiger partial charge is 0.229 e. The number of rotatable bonds is 2. The van der Waals surface area contributed by atoms with E-state index in [0.29, 0.717) is 6.42 Å². The third-order valence-corrected chi connectivity index (χ3v) is 2.98. The Balaban J connectivity index is 2.13. The molecule has 1 heterocycles. The number of carbonyl (C=O) groups excluding carboxylic acids is 1. The third-order valence-electron chi connectivity index (χ3n) is 2.98. The van der Waals surface area contributed by atoms with E-state index in [1.165, 1.54) is 0 Å². The molecule has 17 heavy (non-hydrogen) atoms. The summed E-state index contributed by atoms with van der Waals surface area (Å²) in [4.78, 5) is 14.5. The summed E-state index contributed by atoms with van der Waals surface area (Å²) in [6.45, 7) is 0. The molecule has 0 radical (unpaired) electrons. The molecule has 5 heteroatoms. The highest BCUT2D eigenvalue weighted by Gasteiger charge is 2.25. The van der Waals surface area contributed by atoms with Crippen LogP contribution >= 0.6 is 0 Å². The molecule has 0 saturated carbocycles. The van der Waals surface area contributed by atoms with E-state index >= 15 is 0 Å². The van der Waals surface area contributed by atoms with Gasteiger partial charge in [-0.15, -0.1) is 0 Å². The maximum Gasteiger partial charge on any atom is 0.229 e. The summed E-state index contributed by atoms with van der Waals surface area (Å²) >= 11 is 0. The van der Waals surface area contributed by atoms with Gasteiger partial charge in [-0.1, -0.05) is 41.9 Å². The molecule has 1 aliphatic rings. The van der Waals surface area contributed by atoms with Crippen LogP contribution < -0.4 is 5.32 Å². The van der Waals surface area contributed by atoms with E-state index in [1.807, 2.05) is 30.3 Å². The predicted molar refractivity (Wildman–Crippen MR) is 64.1 cm³/mol. The molecule has 0 spiro atoms. The number of hydrogen-bond donors (Lipinski definition) is 1. The van der Waals surface area contributed by atoms with Crippen molar-refractivity contribution in [3.8, 4) is 0 Å². The molecule has 88 valence electrons. The van der Waals surface area contributed by atoms with Gasteiger partial charge < -0.3 is 5.32 Å². The van der Waals surface area contributed by atoms with E-state index in [2.05, 4.69) is 15.3 Å². The molecule has 0 aliphatic carbocycles. The third kappa shape index (κ3) is 2.77. The van der Waals surface area contributed by atoms with Crippen LogP contribution in [0.5, 0.6) is 0 Å². The first-order chi connectivity index (χ1) is 8.31. The lowest BCUT2D eigenvalue weighted by Crippen LogP contribution is -2.33. The van der Waals surface area contributed by atoms with Crippen LogP contribution in [0.2, 0.25) is 0 Å². The number of nitrogens with zero attached hydrogens (tertiary/aromatic N) is 3. The number of benzene rings is 1. The van der Waals surface area contributed by atoms with Gasteiger partial charge in [0.15, 0.2) is 0 Å². The van der Waals surface area contributed by atoms with Crippen molar-refractivity contribution in [2.75, 3.05) is 0 Å². The Morgan fingerprint density at radius 1 is 1.29 bits per heavy atom. The first kappa shape index (κ1) is 11.5. The molecule has 1 N–H and O–H groups in total. The van der Waals surface area contributed by atoms with E-state index in [4.69, 9.17) is 5.53 Å². The summed E-state index contributed by atoms with van der Waals surface area (Å²) in [5.74, 6) is -0.172. The average molecular weight is 230 g/mol. The quantitative estimate of drug-likeness (QED) is 0.473. The molecule has 1 amide bonds. The maximum atomic E-state index is 11.8. The number of amides is 1. The summed E-state index contributed by atoms with van der Waals surface area (Å²) in [6, 6.07) is 9.33. The highest BCUT2D eigenvalue weighted by molar-refractivity contribution is 5.82. The van der Waals surface area contributed by atoms with E-state index < -0.39 is 6.04 Å². The summed E-state index contributed by atoms with van der Waals surface area (Å²) in [6.07, 6.45) is 2.38. The van der Waals surface area contributed by atoms with Crippen molar-refractivity contribution in [1.29, 1.82) is 0 Å². The molecule has 1 aromatic carbocycles. The van der Waals surface area contributed by atoms with Gasteiger partial charge in [0.05, 0.1) is 6.04 Å². The van der Waals surface area contributed by atoms with Crippen molar-refractivity contribution in [3.63, 3.8) is 0 Å². The van der Waals surface area contributed by atoms with Crippen LogP contribution in [0, 0.1) is 0 Å². The summed E-state index contributed by atoms with van der Waals surface area (Å²) < 4.78 is 0. The average Bonchev–Trinajstić information content (AvgIpc) is 2.54. The molecule has 1 saturated heterocycles. The Labute approximate surface area is 99.5 Å². The van der Waals surface area contributed by atoms with Gasteiger partial charge >= 0.3 is 0 Å². The molecule has 0 bridgehead atoms. The van der Waals surface area contributed by atoms with Gasteiger partial charge in [-0.3, -0.25) is 4.79 Å². The first-order valence-electron chi connectivity index (χ1n) is 5.71. The van der Waals surface area contributed by atoms with Gasteiger partial charge in [0.1, 0.15) is 6.04 Å². The fourth-order valence-corrected chi connectivity index (χ4v) is 2.09. The Kier molecular flexibility index (Phi) is 3.62. The van der Waals surface area contributed by atoms with Crippen molar-refractivity contribution >= 4 is 5.91 Å². The standard InChI is InChI=1S/C12H14N4O/c13-16-15-11-8-4-7-10(14-12(11)17)9-5-2-1-3-6-9/h1-3,5-6,10-11H,4,7-8H2,(H,14,17)/t10-,11-/m1/s1. The minimum atomic E-state index is -0.561. The highest BCUT2D eigenvalue weighted by Crippen LogP contribution is 2.23. The molecule has 2 rings (SSSR count). The number of nitrogens with one attached hydrogen (secondary N) is 1. The van der Waals surface area contributed by atoms with Crippen molar-refractivity contribution in [1.82, 2.24) is 5.32 Å². The fraction of sp³-hybridized carbons (Fsp3) is 0.417. The van der Waals surface area contributed by atoms with Crippen LogP contribution in [0.15, 0.2) is 35.4 Å². The van der Waals surface area contributed by atoms with Gasteiger partial charge in [-0.25, -0.2) is 0 Å². The Bertz CT molecular complexity index is 439. The minimum absolute atomic E-state index is 0.0302. The number of hydrogen-bond acceptors (Lipinski definition) is 2. The SMILES string of the molecule is [N-]=[N+]=N[C@@H]1CCC[C@H](c2ccccc2)NC1=O. The van der Waals surface area contributed by atoms with Crippen molar-refractivity contribution in [3.05, 3.63) is 46.3 Å². The molecule has 0 unspecified atom stereocenters. The van der Waals surface area contributed by atoms with Crippen LogP contribution in [-0.4, -0.2) is 11.9 Å². The van der Waals surface area contributed by atoms with E-state index in [9.17, 15) is 4.79 Å². The molecule has 1 aliphatic heterocycles. The Morgan fingerprint density at radius 3 is 2.76 bits per heavy atom. The zero-order chi connectivity index (χ0) is 12.1. The van der Waals surface area contributed by atoms with Crippen LogP contribution in [0.3, 0.4) is 0 Å². The second-order valence-corrected chi connectivity index (χ2v) is 4.12. The summed E-state index contributed by atoms with van der Waals surface area (Å²) in [7, 11) is 0. The lowest BCUT2D eigenvalue weighted by atomic mass is 10.0. The molecule has 5 nitrogen and oxygen atoms in total. The van der Waals surface area contributed by atoms with Crippen molar-refractivity contribution < 1.29 is 4.79 Å². The van der Waals surface area contributed by atoms with Gasteiger partial charge in [0, 0.05) is 4.91 Å². The lowest BCUT2D eigenvalue weighted by Gasteiger charge is -2.16. The fourth-order valence-electron chi connectivity index (χ4n) is 2.09. The minimum Gasteiger partial charge on any atom is -0.349 e. The van der Waals surface area contributed by atoms with Crippen LogP contribution in [0.1, 0.15) is 30.9 Å². The van der Waals surface area contributed by atoms with Gasteiger partial charge in [-0.05, 0) is 23.9 Å². The van der Waals surface area contributed by atoms with Gasteiger partial charge in [0.25, 0.3) is 0 Å². The molecule has 0 aromatic heterocycles. The first-order valence-corrected chi connectivity index (χ1v) is 5.71. The molecular weight excluding hydrogens is 216 g/mol. The normalized spacial score (nSPS) is 24.4. The van der Waals surface area contributed by atoms with Crippen LogP contribution in [0.25, 0.3) is 10.4 Å². The van der Waals surface area contributed by atoms with E-state index in [1.54, 1.807) is 0 Å².